The maximum absolute atomic E-state index is 3.65. The molecule has 1 atom stereocenters. The molecule has 1 unspecified atom stereocenters. The van der Waals surface area contributed by atoms with Crippen LogP contribution in [0.4, 0.5) is 0 Å². The van der Waals surface area contributed by atoms with Gasteiger partial charge in [-0.25, -0.2) is 0 Å². The monoisotopic (exact) mass is 120 g/mol. The Hall–Kier alpha value is -0.960. The van der Waals surface area contributed by atoms with E-state index >= 15 is 0 Å². The summed E-state index contributed by atoms with van der Waals surface area (Å²) in [6.45, 7) is 9.22. The van der Waals surface area contributed by atoms with Crippen molar-refractivity contribution < 1.29 is 0 Å². The zero-order valence-corrected chi connectivity index (χ0v) is 5.85. The zero-order valence-electron chi connectivity index (χ0n) is 5.85. The average Bonchev–Trinajstić information content (AvgIpc) is 1.89. The molecule has 0 aliphatic heterocycles. The Balaban J connectivity index is 3.48. The molecule has 0 heterocycles. The van der Waals surface area contributed by atoms with Crippen LogP contribution in [0.1, 0.15) is 13.3 Å². The van der Waals surface area contributed by atoms with Crippen molar-refractivity contribution >= 4 is 0 Å². The molecule has 0 aliphatic carbocycles. The first-order valence-corrected chi connectivity index (χ1v) is 3.03. The summed E-state index contributed by atoms with van der Waals surface area (Å²) in [6.07, 6.45) is 4.39. The number of hydrogen-bond donors (Lipinski definition) is 0. The molecule has 0 saturated heterocycles. The lowest BCUT2D eigenvalue weighted by molar-refractivity contribution is 0.762. The molecule has 0 aromatic heterocycles. The van der Waals surface area contributed by atoms with Crippen LogP contribution in [0, 0.1) is 17.8 Å². The van der Waals surface area contributed by atoms with Gasteiger partial charge in [0, 0.05) is 6.42 Å². The van der Waals surface area contributed by atoms with Crippen molar-refractivity contribution in [3.63, 3.8) is 0 Å². The molecule has 0 rings (SSSR count). The minimum atomic E-state index is 0.498. The first-order chi connectivity index (χ1) is 4.31. The molecule has 48 valence electrons. The van der Waals surface area contributed by atoms with Crippen molar-refractivity contribution in [1.82, 2.24) is 0 Å². The summed E-state index contributed by atoms with van der Waals surface area (Å²) in [5.74, 6) is 6.22. The largest absolute Gasteiger partial charge is 0.103 e. The normalized spacial score (nSPS) is 10.8. The van der Waals surface area contributed by atoms with Crippen molar-refractivity contribution in [2.75, 3.05) is 0 Å². The van der Waals surface area contributed by atoms with Gasteiger partial charge in [-0.2, -0.15) is 0 Å². The first kappa shape index (κ1) is 8.04. The lowest BCUT2D eigenvalue weighted by atomic mass is 10.1. The predicted octanol–water partition coefficient (Wildman–Crippen LogP) is 2.39. The minimum absolute atomic E-state index is 0.498. The van der Waals surface area contributed by atoms with Crippen LogP contribution in [0.25, 0.3) is 0 Å². The highest BCUT2D eigenvalue weighted by Gasteiger charge is 1.88. The fourth-order valence-electron chi connectivity index (χ4n) is 0.375. The second kappa shape index (κ2) is 5.18. The third kappa shape index (κ3) is 4.90. The van der Waals surface area contributed by atoms with Crippen LogP contribution in [0.5, 0.6) is 0 Å². The molecule has 0 saturated carbocycles. The van der Waals surface area contributed by atoms with Crippen molar-refractivity contribution in [3.05, 3.63) is 25.3 Å². The Bertz CT molecular complexity index is 143. The minimum Gasteiger partial charge on any atom is -0.103 e. The van der Waals surface area contributed by atoms with Crippen molar-refractivity contribution in [2.45, 2.75) is 13.3 Å². The van der Waals surface area contributed by atoms with Gasteiger partial charge >= 0.3 is 0 Å². The summed E-state index contributed by atoms with van der Waals surface area (Å²) in [5.41, 5.74) is 0. The van der Waals surface area contributed by atoms with Gasteiger partial charge in [-0.15, -0.1) is 6.58 Å². The van der Waals surface area contributed by atoms with E-state index in [1.807, 2.05) is 6.08 Å². The second-order valence-electron chi connectivity index (χ2n) is 1.94. The Kier molecular flexibility index (Phi) is 4.63. The standard InChI is InChI=1S/C9H12/c1-4-6-7-8-9(3)5-2/h4-5,9H,1-2,8H2,3H3. The predicted molar refractivity (Wildman–Crippen MR) is 42.0 cm³/mol. The molecule has 9 heavy (non-hydrogen) atoms. The van der Waals surface area contributed by atoms with Crippen LogP contribution in [-0.2, 0) is 0 Å². The third-order valence-corrected chi connectivity index (χ3v) is 1.03. The van der Waals surface area contributed by atoms with Crippen LogP contribution < -0.4 is 0 Å². The molecule has 0 fully saturated rings. The maximum Gasteiger partial charge on any atom is 0.0152 e. The number of allylic oxidation sites excluding steroid dienone is 2. The summed E-state index contributed by atoms with van der Waals surface area (Å²) in [7, 11) is 0. The first-order valence-electron chi connectivity index (χ1n) is 3.03. The summed E-state index contributed by atoms with van der Waals surface area (Å²) in [6, 6.07) is 0. The smallest absolute Gasteiger partial charge is 0.0152 e. The van der Waals surface area contributed by atoms with E-state index in [9.17, 15) is 0 Å². The average molecular weight is 120 g/mol. The molecule has 0 aliphatic rings. The lowest BCUT2D eigenvalue weighted by Crippen LogP contribution is -1.83. The van der Waals surface area contributed by atoms with Gasteiger partial charge in [-0.05, 0) is 12.0 Å². The second-order valence-corrected chi connectivity index (χ2v) is 1.94. The van der Waals surface area contributed by atoms with E-state index in [0.717, 1.165) is 6.42 Å². The van der Waals surface area contributed by atoms with Crippen LogP contribution in [0.2, 0.25) is 0 Å². The highest BCUT2D eigenvalue weighted by molar-refractivity contribution is 5.12. The molecule has 0 spiro atoms. The molecule has 0 amide bonds. The van der Waals surface area contributed by atoms with Gasteiger partial charge in [-0.1, -0.05) is 31.4 Å². The van der Waals surface area contributed by atoms with Gasteiger partial charge in [0.15, 0.2) is 0 Å². The highest BCUT2D eigenvalue weighted by atomic mass is 13.9. The third-order valence-electron chi connectivity index (χ3n) is 1.03. The van der Waals surface area contributed by atoms with Crippen molar-refractivity contribution in [3.8, 4) is 11.8 Å². The van der Waals surface area contributed by atoms with Crippen LogP contribution in [-0.4, -0.2) is 0 Å². The molecule has 0 nitrogen and oxygen atoms in total. The fourth-order valence-corrected chi connectivity index (χ4v) is 0.375. The fraction of sp³-hybridized carbons (Fsp3) is 0.333. The summed E-state index contributed by atoms with van der Waals surface area (Å²) in [5, 5.41) is 0. The molecular weight excluding hydrogens is 108 g/mol. The molecule has 0 radical (unpaired) electrons. The van der Waals surface area contributed by atoms with Crippen LogP contribution in [0.15, 0.2) is 25.3 Å². The van der Waals surface area contributed by atoms with E-state index in [1.54, 1.807) is 6.08 Å². The zero-order chi connectivity index (χ0) is 7.11. The lowest BCUT2D eigenvalue weighted by Gasteiger charge is -1.94. The van der Waals surface area contributed by atoms with Crippen molar-refractivity contribution in [1.29, 1.82) is 0 Å². The molecule has 0 bridgehead atoms. The van der Waals surface area contributed by atoms with Gasteiger partial charge in [0.1, 0.15) is 0 Å². The highest BCUT2D eigenvalue weighted by Crippen LogP contribution is 1.99. The van der Waals surface area contributed by atoms with Gasteiger partial charge in [0.05, 0.1) is 0 Å². The molecular formula is C9H12. The Morgan fingerprint density at radius 2 is 2.22 bits per heavy atom. The van der Waals surface area contributed by atoms with Gasteiger partial charge in [-0.3, -0.25) is 0 Å². The summed E-state index contributed by atoms with van der Waals surface area (Å²) < 4.78 is 0. The summed E-state index contributed by atoms with van der Waals surface area (Å²) in [4.78, 5) is 0. The molecule has 0 aromatic rings. The van der Waals surface area contributed by atoms with E-state index in [2.05, 4.69) is 31.9 Å². The molecule has 0 N–H and O–H groups in total. The van der Waals surface area contributed by atoms with E-state index < -0.39 is 0 Å². The summed E-state index contributed by atoms with van der Waals surface area (Å²) >= 11 is 0. The number of rotatable bonds is 2. The molecule has 0 heteroatoms. The van der Waals surface area contributed by atoms with Crippen LogP contribution in [0.3, 0.4) is 0 Å². The van der Waals surface area contributed by atoms with E-state index in [-0.39, 0.29) is 0 Å². The maximum atomic E-state index is 3.65. The Morgan fingerprint density at radius 3 is 2.67 bits per heavy atom. The number of hydrogen-bond acceptors (Lipinski definition) is 0. The van der Waals surface area contributed by atoms with Crippen molar-refractivity contribution in [2.24, 2.45) is 5.92 Å². The Labute approximate surface area is 57.3 Å². The van der Waals surface area contributed by atoms with E-state index in [4.69, 9.17) is 0 Å². The SMILES string of the molecule is C=CC#CCC(C)C=C. The van der Waals surface area contributed by atoms with E-state index in [1.165, 1.54) is 0 Å². The van der Waals surface area contributed by atoms with E-state index in [0.29, 0.717) is 5.92 Å². The van der Waals surface area contributed by atoms with Gasteiger partial charge < -0.3 is 0 Å². The quantitative estimate of drug-likeness (QED) is 0.387. The Morgan fingerprint density at radius 1 is 1.56 bits per heavy atom. The van der Waals surface area contributed by atoms with Crippen LogP contribution >= 0.6 is 0 Å². The van der Waals surface area contributed by atoms with Gasteiger partial charge in [0.25, 0.3) is 0 Å². The topological polar surface area (TPSA) is 0 Å². The molecule has 0 aromatic carbocycles. The van der Waals surface area contributed by atoms with Gasteiger partial charge in [0.2, 0.25) is 0 Å².